The van der Waals surface area contributed by atoms with Crippen LogP contribution < -0.4 is 30.3 Å². The van der Waals surface area contributed by atoms with Crippen molar-refractivity contribution in [3.63, 3.8) is 0 Å². The van der Waals surface area contributed by atoms with E-state index in [4.69, 9.17) is 25.4 Å². The Balaban J connectivity index is 1.64. The average Bonchev–Trinajstić information content (AvgIpc) is 2.91. The number of halogens is 1. The van der Waals surface area contributed by atoms with Crippen molar-refractivity contribution in [1.29, 1.82) is 0 Å². The molecule has 0 radical (unpaired) electrons. The molecule has 1 aliphatic heterocycles. The molecule has 0 saturated carbocycles. The van der Waals surface area contributed by atoms with Gasteiger partial charge >= 0.3 is 12.0 Å². The monoisotopic (exact) mass is 598 g/mol. The summed E-state index contributed by atoms with van der Waals surface area (Å²) in [5.41, 5.74) is 4.32. The van der Waals surface area contributed by atoms with Crippen molar-refractivity contribution >= 4 is 40.1 Å². The molecule has 0 fully saturated rings. The van der Waals surface area contributed by atoms with Crippen LogP contribution in [0.4, 0.5) is 4.79 Å². The Kier molecular flexibility index (Phi) is 10.3. The van der Waals surface area contributed by atoms with Gasteiger partial charge in [0.1, 0.15) is 12.4 Å². The van der Waals surface area contributed by atoms with E-state index in [1.807, 2.05) is 0 Å². The zero-order valence-corrected chi connectivity index (χ0v) is 23.1. The van der Waals surface area contributed by atoms with E-state index >= 15 is 0 Å². The van der Waals surface area contributed by atoms with E-state index in [1.165, 1.54) is 13.3 Å². The van der Waals surface area contributed by atoms with Crippen LogP contribution in [0.25, 0.3) is 0 Å². The molecule has 39 heavy (non-hydrogen) atoms. The van der Waals surface area contributed by atoms with Gasteiger partial charge in [0.05, 0.1) is 36.0 Å². The van der Waals surface area contributed by atoms with Crippen LogP contribution in [0.1, 0.15) is 31.0 Å². The lowest BCUT2D eigenvalue weighted by Gasteiger charge is -2.28. The molecule has 1 atom stereocenters. The number of hydrogen-bond acceptors (Lipinski definition) is 8. The van der Waals surface area contributed by atoms with Crippen LogP contribution in [0.15, 0.2) is 57.2 Å². The number of nitrogens with one attached hydrogen (secondary N) is 3. The van der Waals surface area contributed by atoms with Crippen molar-refractivity contribution in [3.05, 3.63) is 63.3 Å². The predicted molar refractivity (Wildman–Crippen MR) is 146 cm³/mol. The quantitative estimate of drug-likeness (QED) is 0.156. The van der Waals surface area contributed by atoms with Crippen molar-refractivity contribution in [2.24, 2.45) is 5.10 Å². The third kappa shape index (κ3) is 7.75. The maximum absolute atomic E-state index is 12.5. The number of carbonyl (C=O) groups is 3. The number of esters is 1. The largest absolute Gasteiger partial charge is 0.493 e. The van der Waals surface area contributed by atoms with E-state index in [-0.39, 0.29) is 31.1 Å². The molecule has 1 heterocycles. The Morgan fingerprint density at radius 3 is 2.64 bits per heavy atom. The fraction of sp³-hybridized carbons (Fsp3) is 0.259. The lowest BCUT2D eigenvalue weighted by molar-refractivity contribution is -0.139. The molecule has 0 aliphatic carbocycles. The number of hydrogen-bond donors (Lipinski definition) is 3. The molecule has 3 N–H and O–H groups in total. The fourth-order valence-electron chi connectivity index (χ4n) is 3.59. The molecule has 0 bridgehead atoms. The standard InChI is InChI=1S/C27H27BrN4O7/c1-5-11-38-20-9-7-17(12-19(20)28)14-29-32-23(33)15-39-21-10-8-18(13-22(21)36-4)25-24(26(34)37-6-2)16(3)30-27(35)31-25/h1,7-10,12-14,25H,6,11,15H2,2-4H3,(H,32,33)(H2,30,31,35)/b29-14-/t25-/m1/s1. The van der Waals surface area contributed by atoms with Crippen molar-refractivity contribution < 1.29 is 33.3 Å². The molecule has 2 aromatic carbocycles. The summed E-state index contributed by atoms with van der Waals surface area (Å²) in [6.07, 6.45) is 6.66. The third-order valence-corrected chi connectivity index (χ3v) is 5.93. The SMILES string of the molecule is C#CCOc1ccc(/C=N\NC(=O)COc2ccc([C@H]3NC(=O)NC(C)=C3C(=O)OCC)cc2OC)cc1Br. The van der Waals surface area contributed by atoms with E-state index in [0.717, 1.165) is 0 Å². The number of ether oxygens (including phenoxy) is 4. The summed E-state index contributed by atoms with van der Waals surface area (Å²) in [4.78, 5) is 36.9. The Morgan fingerprint density at radius 1 is 1.18 bits per heavy atom. The molecule has 2 aromatic rings. The first-order valence-electron chi connectivity index (χ1n) is 11.7. The zero-order chi connectivity index (χ0) is 28.4. The van der Waals surface area contributed by atoms with Gasteiger partial charge in [-0.25, -0.2) is 15.0 Å². The van der Waals surface area contributed by atoms with Gasteiger partial charge in [-0.2, -0.15) is 5.10 Å². The first kappa shape index (κ1) is 29.1. The van der Waals surface area contributed by atoms with Crippen molar-refractivity contribution in [2.75, 3.05) is 26.9 Å². The highest BCUT2D eigenvalue weighted by Crippen LogP contribution is 2.34. The second-order valence-electron chi connectivity index (χ2n) is 7.97. The molecule has 11 nitrogen and oxygen atoms in total. The summed E-state index contributed by atoms with van der Waals surface area (Å²) in [6, 6.07) is 8.88. The molecule has 0 aromatic heterocycles. The molecule has 0 unspecified atom stereocenters. The number of hydrazone groups is 1. The van der Waals surface area contributed by atoms with Crippen LogP contribution in [-0.4, -0.2) is 51.1 Å². The van der Waals surface area contributed by atoms with Gasteiger partial charge in [-0.1, -0.05) is 12.0 Å². The Hall–Kier alpha value is -4.50. The second kappa shape index (κ2) is 13.9. The topological polar surface area (TPSA) is 137 Å². The summed E-state index contributed by atoms with van der Waals surface area (Å²) in [7, 11) is 1.44. The van der Waals surface area contributed by atoms with E-state index in [2.05, 4.69) is 43.0 Å². The molecular formula is C27H27BrN4O7. The Labute approximate surface area is 234 Å². The Morgan fingerprint density at radius 2 is 1.95 bits per heavy atom. The Bertz CT molecular complexity index is 1350. The van der Waals surface area contributed by atoms with Gasteiger partial charge < -0.3 is 29.6 Å². The molecule has 1 aliphatic rings. The van der Waals surface area contributed by atoms with Crippen LogP contribution in [0.3, 0.4) is 0 Å². The van der Waals surface area contributed by atoms with Crippen molar-refractivity contribution in [1.82, 2.24) is 16.1 Å². The summed E-state index contributed by atoms with van der Waals surface area (Å²) in [5, 5.41) is 9.24. The second-order valence-corrected chi connectivity index (χ2v) is 8.82. The van der Waals surface area contributed by atoms with Crippen LogP contribution in [0, 0.1) is 12.3 Å². The number of methoxy groups -OCH3 is 1. The van der Waals surface area contributed by atoms with Crippen LogP contribution >= 0.6 is 15.9 Å². The number of rotatable bonds is 11. The van der Waals surface area contributed by atoms with Gasteiger partial charge in [-0.05, 0) is 71.2 Å². The summed E-state index contributed by atoms with van der Waals surface area (Å²) in [6.45, 7) is 3.31. The minimum absolute atomic E-state index is 0.148. The summed E-state index contributed by atoms with van der Waals surface area (Å²) in [5.74, 6) is 2.52. The van der Waals surface area contributed by atoms with E-state index < -0.39 is 23.9 Å². The minimum Gasteiger partial charge on any atom is -0.493 e. The maximum Gasteiger partial charge on any atom is 0.338 e. The smallest absolute Gasteiger partial charge is 0.338 e. The molecule has 204 valence electrons. The first-order valence-corrected chi connectivity index (χ1v) is 12.5. The number of carbonyl (C=O) groups excluding carboxylic acids is 3. The zero-order valence-electron chi connectivity index (χ0n) is 21.5. The van der Waals surface area contributed by atoms with Crippen LogP contribution in [0.2, 0.25) is 0 Å². The highest BCUT2D eigenvalue weighted by Gasteiger charge is 2.32. The maximum atomic E-state index is 12.5. The van der Waals surface area contributed by atoms with Gasteiger partial charge in [0.25, 0.3) is 5.91 Å². The molecule has 3 rings (SSSR count). The van der Waals surface area contributed by atoms with Crippen LogP contribution in [0.5, 0.6) is 17.2 Å². The fourth-order valence-corrected chi connectivity index (χ4v) is 4.11. The molecule has 3 amide bonds. The van der Waals surface area contributed by atoms with Crippen LogP contribution in [-0.2, 0) is 14.3 Å². The van der Waals surface area contributed by atoms with E-state index in [1.54, 1.807) is 50.2 Å². The number of amides is 3. The molecule has 0 saturated heterocycles. The van der Waals surface area contributed by atoms with Gasteiger partial charge in [-0.15, -0.1) is 6.42 Å². The first-order chi connectivity index (χ1) is 18.8. The summed E-state index contributed by atoms with van der Waals surface area (Å²) >= 11 is 3.39. The van der Waals surface area contributed by atoms with E-state index in [0.29, 0.717) is 32.8 Å². The number of nitrogens with zero attached hydrogens (tertiary/aromatic N) is 1. The van der Waals surface area contributed by atoms with E-state index in [9.17, 15) is 14.4 Å². The third-order valence-electron chi connectivity index (χ3n) is 5.31. The highest BCUT2D eigenvalue weighted by molar-refractivity contribution is 9.10. The lowest BCUT2D eigenvalue weighted by Crippen LogP contribution is -2.45. The number of allylic oxidation sites excluding steroid dienone is 1. The molecule has 12 heteroatoms. The lowest BCUT2D eigenvalue weighted by atomic mass is 9.95. The number of urea groups is 1. The normalized spacial score (nSPS) is 14.6. The van der Waals surface area contributed by atoms with Crippen molar-refractivity contribution in [2.45, 2.75) is 19.9 Å². The average molecular weight is 599 g/mol. The highest BCUT2D eigenvalue weighted by atomic mass is 79.9. The molecular weight excluding hydrogens is 572 g/mol. The van der Waals surface area contributed by atoms with Gasteiger partial charge in [0.2, 0.25) is 0 Å². The predicted octanol–water partition coefficient (Wildman–Crippen LogP) is 3.19. The minimum atomic E-state index is -0.767. The van der Waals surface area contributed by atoms with Gasteiger partial charge in [0, 0.05) is 5.70 Å². The van der Waals surface area contributed by atoms with Crippen molar-refractivity contribution in [3.8, 4) is 29.6 Å². The number of terminal acetylenes is 1. The van der Waals surface area contributed by atoms with Gasteiger partial charge in [-0.3, -0.25) is 4.79 Å². The molecule has 0 spiro atoms. The van der Waals surface area contributed by atoms with Gasteiger partial charge in [0.15, 0.2) is 18.1 Å². The summed E-state index contributed by atoms with van der Waals surface area (Å²) < 4.78 is 22.3. The number of benzene rings is 2.